The quantitative estimate of drug-likeness (QED) is 0.556. The summed E-state index contributed by atoms with van der Waals surface area (Å²) in [4.78, 5) is 15.5. The van der Waals surface area contributed by atoms with Crippen LogP contribution in [0.1, 0.15) is 58.6 Å². The number of amides is 1. The number of carbonyl (C=O) groups excluding carboxylic acids is 1. The highest BCUT2D eigenvalue weighted by Crippen LogP contribution is 2.29. The second-order valence-corrected chi connectivity index (χ2v) is 9.46. The molecule has 2 heterocycles. The summed E-state index contributed by atoms with van der Waals surface area (Å²) < 4.78 is 2.01. The van der Waals surface area contributed by atoms with E-state index in [4.69, 9.17) is 5.10 Å². The normalized spacial score (nSPS) is 17.9. The zero-order valence-electron chi connectivity index (χ0n) is 19.9. The van der Waals surface area contributed by atoms with Crippen molar-refractivity contribution in [1.29, 1.82) is 0 Å². The first kappa shape index (κ1) is 22.6. The molecule has 1 atom stereocenters. The maximum absolute atomic E-state index is 13.5. The van der Waals surface area contributed by atoms with Crippen LogP contribution in [0, 0.1) is 0 Å². The van der Waals surface area contributed by atoms with Crippen LogP contribution in [0.15, 0.2) is 61.2 Å². The number of fused-ring (bicyclic) bond motifs is 1. The molecule has 1 aliphatic heterocycles. The van der Waals surface area contributed by atoms with Crippen molar-refractivity contribution in [3.8, 4) is 5.69 Å². The highest BCUT2D eigenvalue weighted by atomic mass is 16.2. The first-order chi connectivity index (χ1) is 16.7. The molecule has 1 aliphatic carbocycles. The van der Waals surface area contributed by atoms with Crippen molar-refractivity contribution < 1.29 is 4.79 Å². The second kappa shape index (κ2) is 10.4. The van der Waals surface area contributed by atoms with Crippen LogP contribution in [-0.2, 0) is 19.3 Å². The first-order valence-corrected chi connectivity index (χ1v) is 12.6. The molecule has 3 aromatic rings. The Morgan fingerprint density at radius 1 is 1.06 bits per heavy atom. The van der Waals surface area contributed by atoms with E-state index < -0.39 is 0 Å². The van der Waals surface area contributed by atoms with Gasteiger partial charge in [-0.3, -0.25) is 4.79 Å². The third-order valence-electron chi connectivity index (χ3n) is 7.18. The minimum absolute atomic E-state index is 0.0994. The van der Waals surface area contributed by atoms with Crippen molar-refractivity contribution >= 4 is 12.0 Å². The first-order valence-electron chi connectivity index (χ1n) is 12.6. The number of aromatic nitrogens is 2. The smallest absolute Gasteiger partial charge is 0.274 e. The Morgan fingerprint density at radius 2 is 1.82 bits per heavy atom. The number of nitrogens with zero attached hydrogens (tertiary/aromatic N) is 3. The molecule has 34 heavy (non-hydrogen) atoms. The molecular formula is C29H34N4O. The fraction of sp³-hybridized carbons (Fsp3) is 0.379. The Balaban J connectivity index is 1.39. The highest BCUT2D eigenvalue weighted by Gasteiger charge is 2.31. The van der Waals surface area contributed by atoms with E-state index in [1.54, 1.807) is 0 Å². The van der Waals surface area contributed by atoms with Crippen molar-refractivity contribution in [3.63, 3.8) is 0 Å². The predicted octanol–water partition coefficient (Wildman–Crippen LogP) is 4.83. The van der Waals surface area contributed by atoms with Gasteiger partial charge in [-0.05, 0) is 74.8 Å². The fourth-order valence-corrected chi connectivity index (χ4v) is 5.24. The van der Waals surface area contributed by atoms with Gasteiger partial charge in [0.15, 0.2) is 5.69 Å². The van der Waals surface area contributed by atoms with Crippen molar-refractivity contribution in [3.05, 3.63) is 89.3 Å². The van der Waals surface area contributed by atoms with Crippen molar-refractivity contribution in [2.75, 3.05) is 19.6 Å². The van der Waals surface area contributed by atoms with Crippen LogP contribution in [-0.4, -0.2) is 46.3 Å². The van der Waals surface area contributed by atoms with E-state index in [0.717, 1.165) is 75.0 Å². The zero-order valence-corrected chi connectivity index (χ0v) is 19.9. The predicted molar refractivity (Wildman–Crippen MR) is 137 cm³/mol. The summed E-state index contributed by atoms with van der Waals surface area (Å²) >= 11 is 0. The summed E-state index contributed by atoms with van der Waals surface area (Å²) in [5, 5.41) is 8.67. The van der Waals surface area contributed by atoms with Crippen molar-refractivity contribution in [2.24, 2.45) is 0 Å². The molecule has 1 N–H and O–H groups in total. The minimum atomic E-state index is 0.0994. The number of hydrogen-bond donors (Lipinski definition) is 1. The topological polar surface area (TPSA) is 50.2 Å². The number of rotatable bonds is 7. The van der Waals surface area contributed by atoms with Crippen LogP contribution >= 0.6 is 0 Å². The number of carbonyl (C=O) groups is 1. The summed E-state index contributed by atoms with van der Waals surface area (Å²) in [6, 6.07) is 19.2. The van der Waals surface area contributed by atoms with Crippen molar-refractivity contribution in [2.45, 2.75) is 51.0 Å². The van der Waals surface area contributed by atoms with Crippen LogP contribution in [0.5, 0.6) is 0 Å². The van der Waals surface area contributed by atoms with Gasteiger partial charge in [0.1, 0.15) is 0 Å². The summed E-state index contributed by atoms with van der Waals surface area (Å²) in [7, 11) is 0. The molecule has 2 aromatic carbocycles. The van der Waals surface area contributed by atoms with E-state index >= 15 is 0 Å². The fourth-order valence-electron chi connectivity index (χ4n) is 5.24. The van der Waals surface area contributed by atoms with Crippen molar-refractivity contribution in [1.82, 2.24) is 20.0 Å². The molecule has 1 unspecified atom stereocenters. The summed E-state index contributed by atoms with van der Waals surface area (Å²) in [5.41, 5.74) is 6.41. The van der Waals surface area contributed by atoms with Gasteiger partial charge in [-0.1, -0.05) is 55.1 Å². The van der Waals surface area contributed by atoms with Gasteiger partial charge in [0.05, 0.1) is 5.69 Å². The third kappa shape index (κ3) is 4.85. The molecule has 0 spiro atoms. The minimum Gasteiger partial charge on any atom is -0.337 e. The molecule has 0 saturated carbocycles. The van der Waals surface area contributed by atoms with Gasteiger partial charge in [-0.15, -0.1) is 0 Å². The van der Waals surface area contributed by atoms with Gasteiger partial charge in [0, 0.05) is 30.4 Å². The van der Waals surface area contributed by atoms with Crippen LogP contribution in [0.25, 0.3) is 11.8 Å². The van der Waals surface area contributed by atoms with E-state index in [1.165, 1.54) is 17.7 Å². The molecule has 1 saturated heterocycles. The largest absolute Gasteiger partial charge is 0.337 e. The molecule has 1 aromatic heterocycles. The highest BCUT2D eigenvalue weighted by molar-refractivity contribution is 5.94. The van der Waals surface area contributed by atoms with E-state index in [-0.39, 0.29) is 5.91 Å². The van der Waals surface area contributed by atoms with E-state index in [0.29, 0.717) is 11.7 Å². The maximum Gasteiger partial charge on any atom is 0.274 e. The standard InChI is InChI=1S/C29H34N4O/c1-2-22-11-14-25(15-12-22)33-27-16-13-24(30-18-17-23-9-5-3-6-10-23)21-26(27)28(31-33)29(34)32-19-7-4-8-20-32/h2-3,5-6,9-12,14-15,24,30H,1,4,7-8,13,16-21H2. The number of piperidine rings is 1. The van der Waals surface area contributed by atoms with Crippen LogP contribution in [0.3, 0.4) is 0 Å². The molecule has 5 nitrogen and oxygen atoms in total. The van der Waals surface area contributed by atoms with E-state index in [9.17, 15) is 4.79 Å². The number of benzene rings is 2. The SMILES string of the molecule is C=Cc1ccc(-n2nc(C(=O)N3CCCCC3)c3c2CCC(NCCc2ccccc2)C3)cc1. The lowest BCUT2D eigenvalue weighted by Gasteiger charge is -2.27. The molecule has 2 aliphatic rings. The molecule has 1 amide bonds. The Labute approximate surface area is 202 Å². The van der Waals surface area contributed by atoms with Crippen LogP contribution < -0.4 is 5.32 Å². The van der Waals surface area contributed by atoms with Gasteiger partial charge < -0.3 is 10.2 Å². The number of likely N-dealkylation sites (tertiary alicyclic amines) is 1. The zero-order chi connectivity index (χ0) is 23.3. The van der Waals surface area contributed by atoms with Gasteiger partial charge >= 0.3 is 0 Å². The van der Waals surface area contributed by atoms with Gasteiger partial charge in [-0.2, -0.15) is 5.10 Å². The Kier molecular flexibility index (Phi) is 6.91. The van der Waals surface area contributed by atoms with Gasteiger partial charge in [0.2, 0.25) is 0 Å². The molecule has 5 heteroatoms. The Hall–Kier alpha value is -3.18. The Morgan fingerprint density at radius 3 is 2.56 bits per heavy atom. The monoisotopic (exact) mass is 454 g/mol. The molecule has 176 valence electrons. The van der Waals surface area contributed by atoms with E-state index in [1.807, 2.05) is 15.7 Å². The lowest BCUT2D eigenvalue weighted by Crippen LogP contribution is -2.38. The maximum atomic E-state index is 13.5. The number of nitrogens with one attached hydrogen (secondary N) is 1. The average Bonchev–Trinajstić information content (AvgIpc) is 3.28. The molecular weight excluding hydrogens is 420 g/mol. The number of hydrogen-bond acceptors (Lipinski definition) is 3. The lowest BCUT2D eigenvalue weighted by molar-refractivity contribution is 0.0716. The second-order valence-electron chi connectivity index (χ2n) is 9.46. The van der Waals surface area contributed by atoms with Gasteiger partial charge in [-0.25, -0.2) is 4.68 Å². The molecule has 0 bridgehead atoms. The third-order valence-corrected chi connectivity index (χ3v) is 7.18. The lowest BCUT2D eigenvalue weighted by atomic mass is 9.90. The summed E-state index contributed by atoms with van der Waals surface area (Å²) in [6.07, 6.45) is 9.06. The summed E-state index contributed by atoms with van der Waals surface area (Å²) in [6.45, 7) is 6.48. The van der Waals surface area contributed by atoms with Gasteiger partial charge in [0.25, 0.3) is 5.91 Å². The van der Waals surface area contributed by atoms with E-state index in [2.05, 4.69) is 66.5 Å². The summed E-state index contributed by atoms with van der Waals surface area (Å²) in [5.74, 6) is 0.0994. The molecule has 0 radical (unpaired) electrons. The average molecular weight is 455 g/mol. The molecule has 1 fully saturated rings. The van der Waals surface area contributed by atoms with Crippen LogP contribution in [0.2, 0.25) is 0 Å². The van der Waals surface area contributed by atoms with Crippen LogP contribution in [0.4, 0.5) is 0 Å². The Bertz CT molecular complexity index is 1130. The molecule has 5 rings (SSSR count).